The van der Waals surface area contributed by atoms with Crippen LogP contribution in [0, 0.1) is 0 Å². The largest absolute Gasteiger partial charge is 0.385 e. The first-order chi connectivity index (χ1) is 5.34. The van der Waals surface area contributed by atoms with Gasteiger partial charge in [0.05, 0.1) is 12.4 Å². The van der Waals surface area contributed by atoms with Crippen LogP contribution < -0.4 is 0 Å². The van der Waals surface area contributed by atoms with Crippen LogP contribution in [0.4, 0.5) is 0 Å². The molecule has 1 rings (SSSR count). The molecule has 11 heavy (non-hydrogen) atoms. The van der Waals surface area contributed by atoms with E-state index in [4.69, 9.17) is 4.74 Å². The summed E-state index contributed by atoms with van der Waals surface area (Å²) in [4.78, 5) is 6.60. The second-order valence-corrected chi connectivity index (χ2v) is 2.76. The Morgan fingerprint density at radius 1 is 1.64 bits per heavy atom. The van der Waals surface area contributed by atoms with E-state index in [1.54, 1.807) is 7.11 Å². The fourth-order valence-corrected chi connectivity index (χ4v) is 1.27. The lowest BCUT2D eigenvalue weighted by Crippen LogP contribution is -2.27. The van der Waals surface area contributed by atoms with Gasteiger partial charge in [-0.1, -0.05) is 0 Å². The third-order valence-corrected chi connectivity index (χ3v) is 1.94. The molecule has 0 radical (unpaired) electrons. The molecule has 1 aliphatic rings. The zero-order valence-electron chi connectivity index (χ0n) is 7.34. The van der Waals surface area contributed by atoms with E-state index < -0.39 is 0 Å². The second-order valence-electron chi connectivity index (χ2n) is 2.76. The van der Waals surface area contributed by atoms with Crippen molar-refractivity contribution in [3.8, 4) is 0 Å². The summed E-state index contributed by atoms with van der Waals surface area (Å²) in [5.41, 5.74) is 0. The van der Waals surface area contributed by atoms with Gasteiger partial charge in [0.15, 0.2) is 0 Å². The maximum absolute atomic E-state index is 4.97. The minimum absolute atomic E-state index is 0.851. The third-order valence-electron chi connectivity index (χ3n) is 1.94. The van der Waals surface area contributed by atoms with Gasteiger partial charge in [0, 0.05) is 26.8 Å². The third kappa shape index (κ3) is 2.50. The Bertz CT molecular complexity index is 145. The number of rotatable bonds is 4. The molecule has 0 spiro atoms. The van der Waals surface area contributed by atoms with Crippen LogP contribution in [0.3, 0.4) is 0 Å². The summed E-state index contributed by atoms with van der Waals surface area (Å²) >= 11 is 0. The van der Waals surface area contributed by atoms with Crippen LogP contribution in [0.1, 0.15) is 13.3 Å². The van der Waals surface area contributed by atoms with Crippen molar-refractivity contribution in [3.63, 3.8) is 0 Å². The first-order valence-electron chi connectivity index (χ1n) is 4.09. The highest BCUT2D eigenvalue weighted by molar-refractivity contribution is 5.81. The number of nitrogens with zero attached hydrogens (tertiary/aromatic N) is 2. The van der Waals surface area contributed by atoms with Gasteiger partial charge in [-0.3, -0.25) is 4.99 Å². The van der Waals surface area contributed by atoms with E-state index in [1.807, 2.05) is 0 Å². The van der Waals surface area contributed by atoms with Crippen molar-refractivity contribution < 1.29 is 4.74 Å². The summed E-state index contributed by atoms with van der Waals surface area (Å²) in [6.07, 6.45) is 1.10. The molecule has 0 aromatic heterocycles. The molecule has 0 amide bonds. The Morgan fingerprint density at radius 3 is 3.00 bits per heavy atom. The lowest BCUT2D eigenvalue weighted by atomic mass is 10.4. The molecule has 0 aliphatic carbocycles. The van der Waals surface area contributed by atoms with Crippen LogP contribution >= 0.6 is 0 Å². The SMILES string of the molecule is COCCCN1CCN=C1C. The first kappa shape index (κ1) is 8.53. The molecular weight excluding hydrogens is 140 g/mol. The standard InChI is InChI=1S/C8H16N2O/c1-8-9-4-6-10(8)5-3-7-11-2/h3-7H2,1-2H3. The highest BCUT2D eigenvalue weighted by Gasteiger charge is 2.10. The summed E-state index contributed by atoms with van der Waals surface area (Å²) < 4.78 is 4.97. The van der Waals surface area contributed by atoms with Crippen LogP contribution in [0.15, 0.2) is 4.99 Å². The van der Waals surface area contributed by atoms with Crippen molar-refractivity contribution in [2.24, 2.45) is 4.99 Å². The van der Waals surface area contributed by atoms with Crippen LogP contribution in [0.5, 0.6) is 0 Å². The summed E-state index contributed by atoms with van der Waals surface area (Å²) in [6.45, 7) is 6.07. The molecule has 1 heterocycles. The lowest BCUT2D eigenvalue weighted by molar-refractivity contribution is 0.187. The van der Waals surface area contributed by atoms with E-state index in [0.29, 0.717) is 0 Å². The Hall–Kier alpha value is -0.570. The molecule has 1 aliphatic heterocycles. The number of aliphatic imine (C=N–C) groups is 1. The fraction of sp³-hybridized carbons (Fsp3) is 0.875. The van der Waals surface area contributed by atoms with Crippen molar-refractivity contribution >= 4 is 5.84 Å². The summed E-state index contributed by atoms with van der Waals surface area (Å²) in [6, 6.07) is 0. The molecule has 64 valence electrons. The summed E-state index contributed by atoms with van der Waals surface area (Å²) in [5.74, 6) is 1.18. The Labute approximate surface area is 68.1 Å². The van der Waals surface area contributed by atoms with E-state index >= 15 is 0 Å². The van der Waals surface area contributed by atoms with Crippen molar-refractivity contribution in [2.75, 3.05) is 33.4 Å². The van der Waals surface area contributed by atoms with Crippen LogP contribution in [0.25, 0.3) is 0 Å². The van der Waals surface area contributed by atoms with E-state index in [2.05, 4.69) is 16.8 Å². The van der Waals surface area contributed by atoms with E-state index in [9.17, 15) is 0 Å². The quantitative estimate of drug-likeness (QED) is 0.561. The molecule has 0 saturated carbocycles. The monoisotopic (exact) mass is 156 g/mol. The topological polar surface area (TPSA) is 24.8 Å². The van der Waals surface area contributed by atoms with Gasteiger partial charge in [0.25, 0.3) is 0 Å². The number of methoxy groups -OCH3 is 1. The predicted molar refractivity (Wildman–Crippen MR) is 46.0 cm³/mol. The highest BCUT2D eigenvalue weighted by Crippen LogP contribution is 2.01. The summed E-state index contributed by atoms with van der Waals surface area (Å²) in [5, 5.41) is 0. The molecule has 0 unspecified atom stereocenters. The van der Waals surface area contributed by atoms with E-state index in [0.717, 1.165) is 32.7 Å². The molecule has 0 N–H and O–H groups in total. The number of hydrogen-bond acceptors (Lipinski definition) is 3. The van der Waals surface area contributed by atoms with Crippen molar-refractivity contribution in [1.29, 1.82) is 0 Å². The van der Waals surface area contributed by atoms with Crippen molar-refractivity contribution in [1.82, 2.24) is 4.90 Å². The molecule has 3 nitrogen and oxygen atoms in total. The zero-order chi connectivity index (χ0) is 8.10. The molecule has 0 bridgehead atoms. The normalized spacial score (nSPS) is 17.3. The number of hydrogen-bond donors (Lipinski definition) is 0. The van der Waals surface area contributed by atoms with Crippen molar-refractivity contribution in [2.45, 2.75) is 13.3 Å². The zero-order valence-corrected chi connectivity index (χ0v) is 7.34. The Kier molecular flexibility index (Phi) is 3.36. The molecule has 0 atom stereocenters. The molecular formula is C8H16N2O. The molecule has 0 saturated heterocycles. The Morgan fingerprint density at radius 2 is 2.45 bits per heavy atom. The first-order valence-corrected chi connectivity index (χ1v) is 4.09. The van der Waals surface area contributed by atoms with Crippen LogP contribution in [0.2, 0.25) is 0 Å². The van der Waals surface area contributed by atoms with Gasteiger partial charge in [0.2, 0.25) is 0 Å². The van der Waals surface area contributed by atoms with Gasteiger partial charge in [-0.25, -0.2) is 0 Å². The second kappa shape index (κ2) is 4.34. The molecule has 3 heteroatoms. The van der Waals surface area contributed by atoms with Gasteiger partial charge < -0.3 is 9.64 Å². The maximum Gasteiger partial charge on any atom is 0.0958 e. The maximum atomic E-state index is 4.97. The smallest absolute Gasteiger partial charge is 0.0958 e. The van der Waals surface area contributed by atoms with E-state index in [-0.39, 0.29) is 0 Å². The van der Waals surface area contributed by atoms with E-state index in [1.165, 1.54) is 5.84 Å². The van der Waals surface area contributed by atoms with Gasteiger partial charge >= 0.3 is 0 Å². The average Bonchev–Trinajstić information content (AvgIpc) is 2.37. The molecule has 0 fully saturated rings. The average molecular weight is 156 g/mol. The minimum Gasteiger partial charge on any atom is -0.385 e. The fourth-order valence-electron chi connectivity index (χ4n) is 1.27. The predicted octanol–water partition coefficient (Wildman–Crippen LogP) is 0.757. The highest BCUT2D eigenvalue weighted by atomic mass is 16.5. The number of ether oxygens (including phenoxy) is 1. The molecule has 0 aromatic rings. The minimum atomic E-state index is 0.851. The number of amidine groups is 1. The van der Waals surface area contributed by atoms with Gasteiger partial charge in [0.1, 0.15) is 0 Å². The summed E-state index contributed by atoms with van der Waals surface area (Å²) in [7, 11) is 1.74. The Balaban J connectivity index is 2.12. The molecule has 0 aromatic carbocycles. The van der Waals surface area contributed by atoms with Gasteiger partial charge in [-0.2, -0.15) is 0 Å². The van der Waals surface area contributed by atoms with Gasteiger partial charge in [-0.05, 0) is 13.3 Å². The van der Waals surface area contributed by atoms with Crippen LogP contribution in [-0.4, -0.2) is 44.1 Å². The van der Waals surface area contributed by atoms with Crippen molar-refractivity contribution in [3.05, 3.63) is 0 Å². The van der Waals surface area contributed by atoms with Crippen LogP contribution in [-0.2, 0) is 4.74 Å². The van der Waals surface area contributed by atoms with Gasteiger partial charge in [-0.15, -0.1) is 0 Å². The lowest BCUT2D eigenvalue weighted by Gasteiger charge is -2.16.